The van der Waals surface area contributed by atoms with Crippen molar-refractivity contribution in [3.05, 3.63) is 35.9 Å². The molecule has 1 aromatic carbocycles. The summed E-state index contributed by atoms with van der Waals surface area (Å²) in [6.07, 6.45) is 2.40. The Morgan fingerprint density at radius 2 is 2.15 bits per heavy atom. The van der Waals surface area contributed by atoms with Gasteiger partial charge in [0.15, 0.2) is 0 Å². The molecule has 0 aliphatic carbocycles. The summed E-state index contributed by atoms with van der Waals surface area (Å²) in [5.41, 5.74) is 6.83. The summed E-state index contributed by atoms with van der Waals surface area (Å²) in [6.45, 7) is 2.28. The second kappa shape index (κ2) is 6.86. The summed E-state index contributed by atoms with van der Waals surface area (Å²) < 4.78 is 0. The Labute approximate surface area is 121 Å². The lowest BCUT2D eigenvalue weighted by molar-refractivity contribution is -0.131. The molecule has 2 N–H and O–H groups in total. The van der Waals surface area contributed by atoms with E-state index in [-0.39, 0.29) is 11.8 Å². The molecule has 1 aliphatic rings. The van der Waals surface area contributed by atoms with Crippen LogP contribution in [0.15, 0.2) is 30.3 Å². The molecule has 1 aromatic rings. The molecule has 1 amide bonds. The van der Waals surface area contributed by atoms with Crippen LogP contribution in [0.5, 0.6) is 0 Å². The van der Waals surface area contributed by atoms with Gasteiger partial charge in [0.05, 0.1) is 5.92 Å². The number of nitrogens with zero attached hydrogens (tertiary/aromatic N) is 2. The fourth-order valence-corrected chi connectivity index (χ4v) is 2.95. The lowest BCUT2D eigenvalue weighted by Crippen LogP contribution is -2.42. The van der Waals surface area contributed by atoms with Gasteiger partial charge in [-0.2, -0.15) is 0 Å². The maximum absolute atomic E-state index is 12.6. The van der Waals surface area contributed by atoms with Gasteiger partial charge in [0.2, 0.25) is 5.91 Å². The Bertz CT molecular complexity index is 435. The van der Waals surface area contributed by atoms with Crippen molar-refractivity contribution in [2.75, 3.05) is 33.7 Å². The van der Waals surface area contributed by atoms with E-state index >= 15 is 0 Å². The van der Waals surface area contributed by atoms with Crippen molar-refractivity contribution in [3.8, 4) is 0 Å². The molecule has 110 valence electrons. The van der Waals surface area contributed by atoms with Crippen molar-refractivity contribution in [2.45, 2.75) is 24.8 Å². The Morgan fingerprint density at radius 1 is 1.45 bits per heavy atom. The minimum absolute atomic E-state index is 0.124. The molecule has 4 heteroatoms. The predicted octanol–water partition coefficient (Wildman–Crippen LogP) is 1.28. The van der Waals surface area contributed by atoms with E-state index in [0.717, 1.165) is 18.7 Å². The van der Waals surface area contributed by atoms with Gasteiger partial charge < -0.3 is 15.5 Å². The fourth-order valence-electron chi connectivity index (χ4n) is 2.95. The van der Waals surface area contributed by atoms with Crippen LogP contribution in [-0.4, -0.2) is 55.5 Å². The molecule has 2 rings (SSSR count). The lowest BCUT2D eigenvalue weighted by atomic mass is 9.97. The van der Waals surface area contributed by atoms with Gasteiger partial charge in [-0.1, -0.05) is 30.3 Å². The number of hydrogen-bond donors (Lipinski definition) is 1. The summed E-state index contributed by atoms with van der Waals surface area (Å²) in [4.78, 5) is 16.8. The highest BCUT2D eigenvalue weighted by Crippen LogP contribution is 2.20. The first-order valence-corrected chi connectivity index (χ1v) is 7.33. The second-order valence-corrected chi connectivity index (χ2v) is 5.69. The summed E-state index contributed by atoms with van der Waals surface area (Å²) in [5.74, 6) is -0.105. The average Bonchev–Trinajstić information content (AvgIpc) is 2.86. The first-order chi connectivity index (χ1) is 9.63. The Hall–Kier alpha value is -1.39. The molecule has 20 heavy (non-hydrogen) atoms. The van der Waals surface area contributed by atoms with Gasteiger partial charge >= 0.3 is 0 Å². The quantitative estimate of drug-likeness (QED) is 0.881. The van der Waals surface area contributed by atoms with Gasteiger partial charge in [-0.05, 0) is 32.0 Å². The number of carbonyl (C=O) groups is 1. The van der Waals surface area contributed by atoms with E-state index in [0.29, 0.717) is 12.6 Å². The molecule has 4 nitrogen and oxygen atoms in total. The molecule has 2 unspecified atom stereocenters. The largest absolute Gasteiger partial charge is 0.344 e. The molecule has 1 aliphatic heterocycles. The molecular formula is C16H25N3O. The maximum atomic E-state index is 12.6. The Morgan fingerprint density at radius 3 is 2.70 bits per heavy atom. The molecule has 1 saturated heterocycles. The van der Waals surface area contributed by atoms with Gasteiger partial charge in [-0.25, -0.2) is 0 Å². The van der Waals surface area contributed by atoms with Crippen molar-refractivity contribution >= 4 is 5.91 Å². The highest BCUT2D eigenvalue weighted by Gasteiger charge is 2.27. The number of likely N-dealkylation sites (tertiary alicyclic amines) is 1. The third-order valence-electron chi connectivity index (χ3n) is 4.27. The number of rotatable bonds is 5. The molecule has 0 radical (unpaired) electrons. The molecule has 1 fully saturated rings. The highest BCUT2D eigenvalue weighted by molar-refractivity contribution is 5.83. The summed E-state index contributed by atoms with van der Waals surface area (Å²) in [6, 6.07) is 10.3. The predicted molar refractivity (Wildman–Crippen MR) is 81.5 cm³/mol. The summed E-state index contributed by atoms with van der Waals surface area (Å²) in [7, 11) is 4.02. The minimum atomic E-state index is -0.229. The van der Waals surface area contributed by atoms with E-state index in [1.807, 2.05) is 42.3 Å². The minimum Gasteiger partial charge on any atom is -0.344 e. The number of hydrogen-bond acceptors (Lipinski definition) is 3. The van der Waals surface area contributed by atoms with E-state index in [4.69, 9.17) is 5.73 Å². The summed E-state index contributed by atoms with van der Waals surface area (Å²) in [5, 5.41) is 0. The molecule has 2 atom stereocenters. The SMILES string of the molecule is CN(CC1CCCN1C)C(=O)C(CN)c1ccccc1. The highest BCUT2D eigenvalue weighted by atomic mass is 16.2. The van der Waals surface area contributed by atoms with Crippen molar-refractivity contribution < 1.29 is 4.79 Å². The van der Waals surface area contributed by atoms with Gasteiger partial charge in [-0.3, -0.25) is 4.79 Å². The van der Waals surface area contributed by atoms with E-state index in [1.54, 1.807) is 0 Å². The molecule has 0 saturated carbocycles. The Balaban J connectivity index is 2.01. The topological polar surface area (TPSA) is 49.6 Å². The van der Waals surface area contributed by atoms with Crippen LogP contribution in [0.25, 0.3) is 0 Å². The monoisotopic (exact) mass is 275 g/mol. The standard InChI is InChI=1S/C16H25N3O/c1-18-10-6-9-14(18)12-19(2)16(20)15(11-17)13-7-4-3-5-8-13/h3-5,7-8,14-15H,6,9-12,17H2,1-2H3. The molecule has 0 spiro atoms. The zero-order valence-corrected chi connectivity index (χ0v) is 12.5. The van der Waals surface area contributed by atoms with Gasteiger partial charge in [0.1, 0.15) is 0 Å². The molecule has 0 bridgehead atoms. The van der Waals surface area contributed by atoms with E-state index in [1.165, 1.54) is 12.8 Å². The normalized spacial score (nSPS) is 20.9. The maximum Gasteiger partial charge on any atom is 0.231 e. The number of likely N-dealkylation sites (N-methyl/N-ethyl adjacent to an activating group) is 2. The second-order valence-electron chi connectivity index (χ2n) is 5.69. The van der Waals surface area contributed by atoms with E-state index < -0.39 is 0 Å². The van der Waals surface area contributed by atoms with Crippen LogP contribution in [0, 0.1) is 0 Å². The average molecular weight is 275 g/mol. The van der Waals surface area contributed by atoms with E-state index in [9.17, 15) is 4.79 Å². The molecule has 0 aromatic heterocycles. The number of amides is 1. The van der Waals surface area contributed by atoms with Gasteiger partial charge in [0, 0.05) is 26.2 Å². The van der Waals surface area contributed by atoms with Crippen molar-refractivity contribution in [1.29, 1.82) is 0 Å². The van der Waals surface area contributed by atoms with Crippen LogP contribution in [0.1, 0.15) is 24.3 Å². The number of carbonyl (C=O) groups excluding carboxylic acids is 1. The number of benzene rings is 1. The fraction of sp³-hybridized carbons (Fsp3) is 0.562. The zero-order valence-electron chi connectivity index (χ0n) is 12.5. The van der Waals surface area contributed by atoms with Crippen LogP contribution in [0.3, 0.4) is 0 Å². The molecule has 1 heterocycles. The van der Waals surface area contributed by atoms with Crippen LogP contribution in [-0.2, 0) is 4.79 Å². The van der Waals surface area contributed by atoms with Crippen LogP contribution in [0.2, 0.25) is 0 Å². The van der Waals surface area contributed by atoms with Crippen LogP contribution in [0.4, 0.5) is 0 Å². The Kier molecular flexibility index (Phi) is 5.15. The summed E-state index contributed by atoms with van der Waals surface area (Å²) >= 11 is 0. The van der Waals surface area contributed by atoms with Gasteiger partial charge in [-0.15, -0.1) is 0 Å². The van der Waals surface area contributed by atoms with Crippen molar-refractivity contribution in [2.24, 2.45) is 5.73 Å². The van der Waals surface area contributed by atoms with Gasteiger partial charge in [0.25, 0.3) is 0 Å². The lowest BCUT2D eigenvalue weighted by Gasteiger charge is -2.28. The van der Waals surface area contributed by atoms with Crippen molar-refractivity contribution in [1.82, 2.24) is 9.80 Å². The molecular weight excluding hydrogens is 250 g/mol. The van der Waals surface area contributed by atoms with E-state index in [2.05, 4.69) is 11.9 Å². The van der Waals surface area contributed by atoms with Crippen LogP contribution < -0.4 is 5.73 Å². The van der Waals surface area contributed by atoms with Crippen molar-refractivity contribution in [3.63, 3.8) is 0 Å². The first kappa shape index (κ1) is 15.0. The van der Waals surface area contributed by atoms with Crippen LogP contribution >= 0.6 is 0 Å². The third kappa shape index (κ3) is 3.38. The zero-order chi connectivity index (χ0) is 14.5. The smallest absolute Gasteiger partial charge is 0.231 e. The number of nitrogens with two attached hydrogens (primary N) is 1. The first-order valence-electron chi connectivity index (χ1n) is 7.33. The third-order valence-corrected chi connectivity index (χ3v) is 4.27.